The van der Waals surface area contributed by atoms with Crippen LogP contribution in [-0.4, -0.2) is 34.1 Å². The number of benzene rings is 1. The molecule has 5 nitrogen and oxygen atoms in total. The van der Waals surface area contributed by atoms with Crippen LogP contribution in [0.4, 0.5) is 10.5 Å². The van der Waals surface area contributed by atoms with Gasteiger partial charge in [-0.05, 0) is 51.3 Å². The number of halogens is 1. The van der Waals surface area contributed by atoms with E-state index >= 15 is 0 Å². The summed E-state index contributed by atoms with van der Waals surface area (Å²) in [7, 11) is 0. The number of nitrogens with zero attached hydrogens (tertiary/aromatic N) is 1. The summed E-state index contributed by atoms with van der Waals surface area (Å²) in [4.78, 5) is 25.2. The Balaban J connectivity index is 2.19. The molecule has 6 heteroatoms. The third kappa shape index (κ3) is 3.47. The van der Waals surface area contributed by atoms with E-state index in [-0.39, 0.29) is 23.7 Å². The number of likely N-dealkylation sites (tertiary alicyclic amines) is 1. The Labute approximate surface area is 128 Å². The van der Waals surface area contributed by atoms with Crippen molar-refractivity contribution in [2.24, 2.45) is 0 Å². The van der Waals surface area contributed by atoms with E-state index in [1.807, 2.05) is 13.8 Å². The standard InChI is InChI=1S/C15H19ClN2O3/c1-9-4-3-5-10(2)18(9)15(21)17-13-8-11(14(19)20)6-7-12(13)16/h6-10H,3-5H2,1-2H3,(H,17,21)(H,19,20)/t9-,10+. The quantitative estimate of drug-likeness (QED) is 0.872. The average molecular weight is 311 g/mol. The zero-order valence-electron chi connectivity index (χ0n) is 12.1. The first-order valence-electron chi connectivity index (χ1n) is 7.02. The summed E-state index contributed by atoms with van der Waals surface area (Å²) in [6, 6.07) is 4.35. The molecule has 2 rings (SSSR count). The molecule has 0 unspecified atom stereocenters. The van der Waals surface area contributed by atoms with Crippen molar-refractivity contribution >= 4 is 29.3 Å². The number of aromatic carboxylic acids is 1. The molecule has 0 spiro atoms. The molecule has 0 bridgehead atoms. The summed E-state index contributed by atoms with van der Waals surface area (Å²) in [6.45, 7) is 4.04. The highest BCUT2D eigenvalue weighted by atomic mass is 35.5. The van der Waals surface area contributed by atoms with Crippen LogP contribution in [0.3, 0.4) is 0 Å². The Bertz CT molecular complexity index is 552. The molecule has 1 aliphatic rings. The highest BCUT2D eigenvalue weighted by Crippen LogP contribution is 2.27. The first-order valence-corrected chi connectivity index (χ1v) is 7.40. The van der Waals surface area contributed by atoms with Crippen molar-refractivity contribution in [2.45, 2.75) is 45.2 Å². The molecule has 21 heavy (non-hydrogen) atoms. The van der Waals surface area contributed by atoms with Crippen molar-refractivity contribution in [3.05, 3.63) is 28.8 Å². The van der Waals surface area contributed by atoms with Gasteiger partial charge >= 0.3 is 12.0 Å². The summed E-state index contributed by atoms with van der Waals surface area (Å²) < 4.78 is 0. The maximum Gasteiger partial charge on any atom is 0.335 e. The Kier molecular flexibility index (Phi) is 4.73. The highest BCUT2D eigenvalue weighted by molar-refractivity contribution is 6.33. The molecule has 1 aliphatic heterocycles. The number of nitrogens with one attached hydrogen (secondary N) is 1. The topological polar surface area (TPSA) is 69.6 Å². The average Bonchev–Trinajstić information content (AvgIpc) is 2.40. The Morgan fingerprint density at radius 1 is 1.29 bits per heavy atom. The lowest BCUT2D eigenvalue weighted by atomic mass is 9.98. The van der Waals surface area contributed by atoms with Gasteiger partial charge in [-0.1, -0.05) is 11.6 Å². The maximum atomic E-state index is 12.4. The van der Waals surface area contributed by atoms with Crippen molar-refractivity contribution in [2.75, 3.05) is 5.32 Å². The molecule has 2 N–H and O–H groups in total. The van der Waals surface area contributed by atoms with Crippen molar-refractivity contribution in [1.82, 2.24) is 4.90 Å². The van der Waals surface area contributed by atoms with Gasteiger partial charge < -0.3 is 15.3 Å². The summed E-state index contributed by atoms with van der Waals surface area (Å²) in [5, 5.41) is 12.1. The van der Waals surface area contributed by atoms with E-state index in [1.165, 1.54) is 18.2 Å². The minimum Gasteiger partial charge on any atom is -0.478 e. The lowest BCUT2D eigenvalue weighted by molar-refractivity contribution is 0.0696. The van der Waals surface area contributed by atoms with Crippen LogP contribution in [0.1, 0.15) is 43.5 Å². The summed E-state index contributed by atoms with van der Waals surface area (Å²) in [6.07, 6.45) is 3.06. The van der Waals surface area contributed by atoms with Gasteiger partial charge in [-0.15, -0.1) is 0 Å². The van der Waals surface area contributed by atoms with Gasteiger partial charge in [0.25, 0.3) is 0 Å². The molecular weight excluding hydrogens is 292 g/mol. The fourth-order valence-corrected chi connectivity index (χ4v) is 2.92. The monoisotopic (exact) mass is 310 g/mol. The second-order valence-corrected chi connectivity index (χ2v) is 5.87. The highest BCUT2D eigenvalue weighted by Gasteiger charge is 2.29. The number of hydrogen-bond acceptors (Lipinski definition) is 2. The minimum atomic E-state index is -1.05. The van der Waals surface area contributed by atoms with Gasteiger partial charge in [0.15, 0.2) is 0 Å². The normalized spacial score (nSPS) is 22.0. The van der Waals surface area contributed by atoms with Gasteiger partial charge in [0, 0.05) is 12.1 Å². The lowest BCUT2D eigenvalue weighted by Crippen LogP contribution is -2.49. The lowest BCUT2D eigenvalue weighted by Gasteiger charge is -2.38. The molecule has 2 atom stereocenters. The van der Waals surface area contributed by atoms with Gasteiger partial charge in [-0.3, -0.25) is 0 Å². The molecular formula is C15H19ClN2O3. The van der Waals surface area contributed by atoms with Crippen molar-refractivity contribution in [1.29, 1.82) is 0 Å². The number of amides is 2. The zero-order valence-corrected chi connectivity index (χ0v) is 12.9. The third-order valence-corrected chi connectivity index (χ3v) is 4.21. The van der Waals surface area contributed by atoms with Crippen LogP contribution < -0.4 is 5.32 Å². The molecule has 0 aliphatic carbocycles. The summed E-state index contributed by atoms with van der Waals surface area (Å²) in [5.41, 5.74) is 0.418. The molecule has 1 heterocycles. The first kappa shape index (κ1) is 15.6. The van der Waals surface area contributed by atoms with Crippen LogP contribution in [0.25, 0.3) is 0 Å². The van der Waals surface area contributed by atoms with Crippen molar-refractivity contribution < 1.29 is 14.7 Å². The largest absolute Gasteiger partial charge is 0.478 e. The van der Waals surface area contributed by atoms with Crippen LogP contribution in [0.2, 0.25) is 5.02 Å². The molecule has 1 aromatic carbocycles. The predicted octanol–water partition coefficient (Wildman–Crippen LogP) is 3.83. The second-order valence-electron chi connectivity index (χ2n) is 5.47. The van der Waals surface area contributed by atoms with E-state index in [2.05, 4.69) is 5.32 Å². The van der Waals surface area contributed by atoms with Crippen molar-refractivity contribution in [3.8, 4) is 0 Å². The fourth-order valence-electron chi connectivity index (χ4n) is 2.76. The van der Waals surface area contributed by atoms with Crippen LogP contribution in [0.5, 0.6) is 0 Å². The van der Waals surface area contributed by atoms with E-state index in [9.17, 15) is 9.59 Å². The predicted molar refractivity (Wildman–Crippen MR) is 82.0 cm³/mol. The molecule has 1 saturated heterocycles. The van der Waals surface area contributed by atoms with Crippen molar-refractivity contribution in [3.63, 3.8) is 0 Å². The van der Waals surface area contributed by atoms with Gasteiger partial charge in [0.1, 0.15) is 0 Å². The number of carboxylic acids is 1. The number of rotatable bonds is 2. The Morgan fingerprint density at radius 3 is 2.48 bits per heavy atom. The van der Waals surface area contributed by atoms with E-state index in [1.54, 1.807) is 4.90 Å². The Hall–Kier alpha value is -1.75. The molecule has 2 amide bonds. The number of urea groups is 1. The minimum absolute atomic E-state index is 0.0921. The number of carbonyl (C=O) groups is 2. The molecule has 0 saturated carbocycles. The van der Waals surface area contributed by atoms with Crippen LogP contribution >= 0.6 is 11.6 Å². The molecule has 0 radical (unpaired) electrons. The fraction of sp³-hybridized carbons (Fsp3) is 0.467. The van der Waals surface area contributed by atoms with E-state index in [4.69, 9.17) is 16.7 Å². The van der Waals surface area contributed by atoms with Crippen LogP contribution in [0.15, 0.2) is 18.2 Å². The molecule has 114 valence electrons. The van der Waals surface area contributed by atoms with Crippen LogP contribution in [0, 0.1) is 0 Å². The smallest absolute Gasteiger partial charge is 0.335 e. The molecule has 1 fully saturated rings. The van der Waals surface area contributed by atoms with Gasteiger partial charge in [0.2, 0.25) is 0 Å². The first-order chi connectivity index (χ1) is 9.90. The van der Waals surface area contributed by atoms with Gasteiger partial charge in [-0.25, -0.2) is 9.59 Å². The molecule has 0 aromatic heterocycles. The van der Waals surface area contributed by atoms with E-state index in [0.29, 0.717) is 10.7 Å². The summed E-state index contributed by atoms with van der Waals surface area (Å²) in [5.74, 6) is -1.05. The SMILES string of the molecule is C[C@@H]1CCC[C@H](C)N1C(=O)Nc1cc(C(=O)O)ccc1Cl. The van der Waals surface area contributed by atoms with Crippen LogP contribution in [-0.2, 0) is 0 Å². The van der Waals surface area contributed by atoms with Gasteiger partial charge in [0.05, 0.1) is 16.3 Å². The number of anilines is 1. The molecule has 1 aromatic rings. The maximum absolute atomic E-state index is 12.4. The number of piperidine rings is 1. The summed E-state index contributed by atoms with van der Waals surface area (Å²) >= 11 is 6.03. The van der Waals surface area contributed by atoms with E-state index < -0.39 is 5.97 Å². The van der Waals surface area contributed by atoms with E-state index in [0.717, 1.165) is 19.3 Å². The number of hydrogen-bond donors (Lipinski definition) is 2. The number of carboxylic acid groups (broad SMARTS) is 1. The zero-order chi connectivity index (χ0) is 15.6. The third-order valence-electron chi connectivity index (χ3n) is 3.88. The Morgan fingerprint density at radius 2 is 1.90 bits per heavy atom. The number of carbonyl (C=O) groups excluding carboxylic acids is 1. The second kappa shape index (κ2) is 6.35. The van der Waals surface area contributed by atoms with Gasteiger partial charge in [-0.2, -0.15) is 0 Å².